The minimum Gasteiger partial charge on any atom is -0.297 e. The van der Waals surface area contributed by atoms with Crippen molar-refractivity contribution in [3.05, 3.63) is 34.2 Å². The number of alkyl halides is 3. The molecule has 16 heavy (non-hydrogen) atoms. The minimum absolute atomic E-state index is 0.141. The van der Waals surface area contributed by atoms with E-state index in [4.69, 9.17) is 0 Å². The maximum atomic E-state index is 12.7. The number of halogens is 3. The molecule has 1 aromatic carbocycles. The van der Waals surface area contributed by atoms with E-state index < -0.39 is 11.7 Å². The Hall–Kier alpha value is -1.36. The largest absolute Gasteiger partial charge is 0.417 e. The van der Waals surface area contributed by atoms with Crippen molar-refractivity contribution < 1.29 is 18.0 Å². The van der Waals surface area contributed by atoms with E-state index in [1.807, 2.05) is 0 Å². The summed E-state index contributed by atoms with van der Waals surface area (Å²) in [6.07, 6.45) is -3.79. The van der Waals surface area contributed by atoms with Crippen LogP contribution in [-0.2, 0) is 6.18 Å². The van der Waals surface area contributed by atoms with Gasteiger partial charge < -0.3 is 0 Å². The van der Waals surface area contributed by atoms with Gasteiger partial charge >= 0.3 is 6.18 Å². The van der Waals surface area contributed by atoms with E-state index in [1.165, 1.54) is 13.0 Å². The molecule has 1 nitrogen and oxygen atoms in total. The van der Waals surface area contributed by atoms with Gasteiger partial charge in [-0.3, -0.25) is 4.79 Å². The number of rotatable bonds is 1. The average molecular weight is 244 g/mol. The smallest absolute Gasteiger partial charge is 0.297 e. The van der Waals surface area contributed by atoms with Gasteiger partial charge in [-0.25, -0.2) is 0 Å². The molecule has 0 atom stereocenters. The van der Waals surface area contributed by atoms with Gasteiger partial charge in [0.05, 0.1) is 10.4 Å². The van der Waals surface area contributed by atoms with Crippen molar-refractivity contribution in [1.29, 1.82) is 0 Å². The number of benzene rings is 1. The Morgan fingerprint density at radius 3 is 2.56 bits per heavy atom. The number of fused-ring (bicyclic) bond motifs is 1. The Morgan fingerprint density at radius 1 is 1.31 bits per heavy atom. The molecule has 0 radical (unpaired) electrons. The number of aldehydes is 1. The molecule has 0 N–H and O–H groups in total. The predicted molar refractivity (Wildman–Crippen MR) is 57.0 cm³/mol. The minimum atomic E-state index is -4.38. The van der Waals surface area contributed by atoms with Gasteiger partial charge in [-0.1, -0.05) is 6.07 Å². The first-order valence-corrected chi connectivity index (χ1v) is 5.31. The molecule has 0 spiro atoms. The fourth-order valence-corrected chi connectivity index (χ4v) is 2.72. The molecule has 2 rings (SSSR count). The van der Waals surface area contributed by atoms with Crippen molar-refractivity contribution in [2.24, 2.45) is 0 Å². The molecule has 0 aliphatic rings. The van der Waals surface area contributed by atoms with Gasteiger partial charge in [0, 0.05) is 10.1 Å². The Morgan fingerprint density at radius 2 is 2.00 bits per heavy atom. The maximum absolute atomic E-state index is 12.7. The highest BCUT2D eigenvalue weighted by atomic mass is 32.1. The zero-order valence-electron chi connectivity index (χ0n) is 8.26. The summed E-state index contributed by atoms with van der Waals surface area (Å²) in [5, 5.41) is 0.141. The predicted octanol–water partition coefficient (Wildman–Crippen LogP) is 4.04. The van der Waals surface area contributed by atoms with Gasteiger partial charge in [0.2, 0.25) is 0 Å². The fourth-order valence-electron chi connectivity index (χ4n) is 1.67. The van der Waals surface area contributed by atoms with Crippen LogP contribution in [0.25, 0.3) is 10.1 Å². The van der Waals surface area contributed by atoms with Crippen LogP contribution in [0.1, 0.15) is 20.8 Å². The summed E-state index contributed by atoms with van der Waals surface area (Å²) in [5.74, 6) is 0. The third kappa shape index (κ3) is 1.61. The molecule has 2 aromatic rings. The Kier molecular flexibility index (Phi) is 2.50. The Balaban J connectivity index is 2.86. The van der Waals surface area contributed by atoms with Gasteiger partial charge in [-0.2, -0.15) is 13.2 Å². The van der Waals surface area contributed by atoms with Crippen molar-refractivity contribution in [3.8, 4) is 0 Å². The number of carbonyl (C=O) groups is 1. The summed E-state index contributed by atoms with van der Waals surface area (Å²) >= 11 is 1.09. The lowest BCUT2D eigenvalue weighted by Gasteiger charge is -2.08. The molecule has 0 unspecified atom stereocenters. The SMILES string of the molecule is Cc1c(C=O)sc2cccc(C(F)(F)F)c12. The van der Waals surface area contributed by atoms with Crippen LogP contribution in [0.2, 0.25) is 0 Å². The standard InChI is InChI=1S/C11H7F3OS/c1-6-9(5-15)16-8-4-2-3-7(10(6)8)11(12,13)14/h2-5H,1H3. The van der Waals surface area contributed by atoms with Crippen LogP contribution in [-0.4, -0.2) is 6.29 Å². The number of aryl methyl sites for hydroxylation is 1. The highest BCUT2D eigenvalue weighted by molar-refractivity contribution is 7.20. The second kappa shape index (κ2) is 3.59. The topological polar surface area (TPSA) is 17.1 Å². The molecular weight excluding hydrogens is 237 g/mol. The molecule has 84 valence electrons. The second-order valence-corrected chi connectivity index (χ2v) is 4.47. The molecule has 0 aliphatic carbocycles. The lowest BCUT2D eigenvalue weighted by atomic mass is 10.1. The van der Waals surface area contributed by atoms with Crippen molar-refractivity contribution >= 4 is 27.7 Å². The van der Waals surface area contributed by atoms with Crippen molar-refractivity contribution in [2.75, 3.05) is 0 Å². The van der Waals surface area contributed by atoms with Crippen LogP contribution >= 0.6 is 11.3 Å². The van der Waals surface area contributed by atoms with Crippen LogP contribution in [0.4, 0.5) is 13.2 Å². The summed E-state index contributed by atoms with van der Waals surface area (Å²) in [4.78, 5) is 11.0. The molecular formula is C11H7F3OS. The molecule has 5 heteroatoms. The van der Waals surface area contributed by atoms with Gasteiger partial charge in [-0.15, -0.1) is 11.3 Å². The van der Waals surface area contributed by atoms with Gasteiger partial charge in [-0.05, 0) is 24.6 Å². The molecule has 0 amide bonds. The first kappa shape index (κ1) is 11.1. The highest BCUT2D eigenvalue weighted by Crippen LogP contribution is 2.39. The van der Waals surface area contributed by atoms with Crippen LogP contribution in [0.15, 0.2) is 18.2 Å². The normalized spacial score (nSPS) is 12.0. The van der Waals surface area contributed by atoms with Crippen molar-refractivity contribution in [2.45, 2.75) is 13.1 Å². The summed E-state index contributed by atoms with van der Waals surface area (Å²) in [5.41, 5.74) is -0.269. The Labute approximate surface area is 93.5 Å². The third-order valence-corrected chi connectivity index (χ3v) is 3.59. The third-order valence-electron chi connectivity index (χ3n) is 2.40. The lowest BCUT2D eigenvalue weighted by Crippen LogP contribution is -2.05. The average Bonchev–Trinajstić information content (AvgIpc) is 2.54. The second-order valence-electron chi connectivity index (χ2n) is 3.39. The first-order valence-electron chi connectivity index (χ1n) is 4.49. The van der Waals surface area contributed by atoms with E-state index in [9.17, 15) is 18.0 Å². The van der Waals surface area contributed by atoms with Crippen LogP contribution in [0.3, 0.4) is 0 Å². The van der Waals surface area contributed by atoms with Gasteiger partial charge in [0.15, 0.2) is 6.29 Å². The first-order chi connectivity index (χ1) is 7.45. The fraction of sp³-hybridized carbons (Fsp3) is 0.182. The molecule has 0 bridgehead atoms. The number of hydrogen-bond donors (Lipinski definition) is 0. The zero-order valence-corrected chi connectivity index (χ0v) is 9.08. The van der Waals surface area contributed by atoms with E-state index in [1.54, 1.807) is 6.07 Å². The van der Waals surface area contributed by atoms with E-state index in [2.05, 4.69) is 0 Å². The van der Waals surface area contributed by atoms with Crippen molar-refractivity contribution in [1.82, 2.24) is 0 Å². The van der Waals surface area contributed by atoms with E-state index >= 15 is 0 Å². The van der Waals surface area contributed by atoms with Gasteiger partial charge in [0.25, 0.3) is 0 Å². The molecule has 0 saturated heterocycles. The molecule has 0 saturated carbocycles. The molecule has 1 aromatic heterocycles. The maximum Gasteiger partial charge on any atom is 0.417 e. The molecule has 0 fully saturated rings. The summed E-state index contributed by atoms with van der Waals surface area (Å²) in [6, 6.07) is 3.99. The monoisotopic (exact) mass is 244 g/mol. The van der Waals surface area contributed by atoms with Gasteiger partial charge in [0.1, 0.15) is 0 Å². The number of hydrogen-bond acceptors (Lipinski definition) is 2. The Bertz CT molecular complexity index is 554. The van der Waals surface area contributed by atoms with Crippen LogP contribution in [0.5, 0.6) is 0 Å². The molecule has 1 heterocycles. The summed E-state index contributed by atoms with van der Waals surface area (Å²) in [7, 11) is 0. The van der Waals surface area contributed by atoms with Crippen molar-refractivity contribution in [3.63, 3.8) is 0 Å². The van der Waals surface area contributed by atoms with Crippen LogP contribution < -0.4 is 0 Å². The zero-order chi connectivity index (χ0) is 11.9. The van der Waals surface area contributed by atoms with E-state index in [-0.39, 0.29) is 5.39 Å². The highest BCUT2D eigenvalue weighted by Gasteiger charge is 2.33. The van der Waals surface area contributed by atoms with E-state index in [0.717, 1.165) is 17.4 Å². The molecule has 0 aliphatic heterocycles. The number of carbonyl (C=O) groups excluding carboxylic acids is 1. The summed E-state index contributed by atoms with van der Waals surface area (Å²) < 4.78 is 38.7. The lowest BCUT2D eigenvalue weighted by molar-refractivity contribution is -0.136. The quantitative estimate of drug-likeness (QED) is 0.692. The van der Waals surface area contributed by atoms with Crippen LogP contribution in [0, 0.1) is 6.92 Å². The van der Waals surface area contributed by atoms with E-state index in [0.29, 0.717) is 21.4 Å². The summed E-state index contributed by atoms with van der Waals surface area (Å²) in [6.45, 7) is 1.54. The number of thiophene rings is 1.